The number of hydrogen-bond acceptors (Lipinski definition) is 4. The molecular formula is C13H17N3S. The Kier molecular flexibility index (Phi) is 3.76. The maximum atomic E-state index is 4.64. The number of thiazole rings is 1. The first-order valence-corrected chi connectivity index (χ1v) is 6.49. The fourth-order valence-corrected chi connectivity index (χ4v) is 2.67. The molecule has 17 heavy (non-hydrogen) atoms. The molecule has 2 rings (SSSR count). The van der Waals surface area contributed by atoms with Crippen molar-refractivity contribution in [3.63, 3.8) is 0 Å². The van der Waals surface area contributed by atoms with E-state index in [4.69, 9.17) is 0 Å². The molecule has 0 aliphatic heterocycles. The maximum absolute atomic E-state index is 4.64. The highest BCUT2D eigenvalue weighted by molar-refractivity contribution is 7.16. The van der Waals surface area contributed by atoms with Crippen LogP contribution in [0.5, 0.6) is 0 Å². The number of benzene rings is 1. The van der Waals surface area contributed by atoms with Crippen LogP contribution < -0.4 is 10.6 Å². The Hall–Kier alpha value is -1.39. The minimum absolute atomic E-state index is 0.310. The average Bonchev–Trinajstić information content (AvgIpc) is 2.83. The molecule has 0 saturated heterocycles. The van der Waals surface area contributed by atoms with E-state index in [0.29, 0.717) is 6.04 Å². The lowest BCUT2D eigenvalue weighted by molar-refractivity contribution is 0.664. The minimum Gasteiger partial charge on any atom is -0.365 e. The van der Waals surface area contributed by atoms with E-state index in [1.165, 1.54) is 10.4 Å². The fourth-order valence-electron chi connectivity index (χ4n) is 1.67. The van der Waals surface area contributed by atoms with Crippen molar-refractivity contribution in [1.82, 2.24) is 10.3 Å². The Balaban J connectivity index is 2.48. The van der Waals surface area contributed by atoms with Crippen molar-refractivity contribution in [1.29, 1.82) is 0 Å². The quantitative estimate of drug-likeness (QED) is 0.871. The normalized spacial score (nSPS) is 12.4. The van der Waals surface area contributed by atoms with Crippen LogP contribution in [0.15, 0.2) is 30.3 Å². The van der Waals surface area contributed by atoms with Gasteiger partial charge in [-0.1, -0.05) is 41.7 Å². The largest absolute Gasteiger partial charge is 0.365 e. The van der Waals surface area contributed by atoms with Crippen molar-refractivity contribution in [3.8, 4) is 11.3 Å². The molecule has 0 bridgehead atoms. The maximum Gasteiger partial charge on any atom is 0.183 e. The molecule has 0 fully saturated rings. The van der Waals surface area contributed by atoms with Crippen LogP contribution in [0.1, 0.15) is 17.8 Å². The van der Waals surface area contributed by atoms with E-state index in [-0.39, 0.29) is 0 Å². The molecule has 1 aromatic carbocycles. The third-order valence-electron chi connectivity index (χ3n) is 2.74. The number of aromatic nitrogens is 1. The van der Waals surface area contributed by atoms with E-state index in [1.54, 1.807) is 11.3 Å². The molecule has 1 aromatic heterocycles. The Bertz CT molecular complexity index is 479. The van der Waals surface area contributed by atoms with Gasteiger partial charge in [-0.05, 0) is 14.0 Å². The Morgan fingerprint density at radius 2 is 1.88 bits per heavy atom. The van der Waals surface area contributed by atoms with Crippen LogP contribution in [-0.2, 0) is 0 Å². The van der Waals surface area contributed by atoms with Crippen LogP contribution in [0.4, 0.5) is 5.13 Å². The molecule has 1 atom stereocenters. The first-order valence-electron chi connectivity index (χ1n) is 5.67. The van der Waals surface area contributed by atoms with E-state index in [2.05, 4.69) is 34.7 Å². The molecule has 1 heterocycles. The zero-order chi connectivity index (χ0) is 12.3. The zero-order valence-electron chi connectivity index (χ0n) is 10.3. The molecule has 0 radical (unpaired) electrons. The van der Waals surface area contributed by atoms with Gasteiger partial charge in [0.05, 0.1) is 10.6 Å². The molecule has 0 aliphatic carbocycles. The molecule has 2 N–H and O–H groups in total. The number of nitrogens with zero attached hydrogens (tertiary/aromatic N) is 1. The van der Waals surface area contributed by atoms with Gasteiger partial charge < -0.3 is 10.6 Å². The van der Waals surface area contributed by atoms with Crippen molar-refractivity contribution in [2.75, 3.05) is 19.4 Å². The van der Waals surface area contributed by atoms with Crippen molar-refractivity contribution in [3.05, 3.63) is 35.2 Å². The van der Waals surface area contributed by atoms with Gasteiger partial charge in [-0.2, -0.15) is 0 Å². The molecule has 1 unspecified atom stereocenters. The summed E-state index contributed by atoms with van der Waals surface area (Å²) in [6.07, 6.45) is 0. The average molecular weight is 247 g/mol. The van der Waals surface area contributed by atoms with Gasteiger partial charge in [0.15, 0.2) is 5.13 Å². The molecule has 90 valence electrons. The third kappa shape index (κ3) is 2.48. The number of hydrogen-bond donors (Lipinski definition) is 2. The summed E-state index contributed by atoms with van der Waals surface area (Å²) < 4.78 is 0. The van der Waals surface area contributed by atoms with E-state index >= 15 is 0 Å². The monoisotopic (exact) mass is 247 g/mol. The van der Waals surface area contributed by atoms with Crippen LogP contribution in [0, 0.1) is 0 Å². The lowest BCUT2D eigenvalue weighted by Gasteiger charge is -2.09. The topological polar surface area (TPSA) is 37.0 Å². The van der Waals surface area contributed by atoms with E-state index < -0.39 is 0 Å². The molecule has 0 spiro atoms. The van der Waals surface area contributed by atoms with E-state index in [0.717, 1.165) is 10.8 Å². The van der Waals surface area contributed by atoms with Gasteiger partial charge in [-0.25, -0.2) is 4.98 Å². The highest BCUT2D eigenvalue weighted by atomic mass is 32.1. The summed E-state index contributed by atoms with van der Waals surface area (Å²) in [5.74, 6) is 0. The molecule has 0 aliphatic rings. The number of rotatable bonds is 4. The van der Waals surface area contributed by atoms with Gasteiger partial charge >= 0.3 is 0 Å². The van der Waals surface area contributed by atoms with Crippen molar-refractivity contribution in [2.45, 2.75) is 13.0 Å². The van der Waals surface area contributed by atoms with Crippen LogP contribution in [0.3, 0.4) is 0 Å². The summed E-state index contributed by atoms with van der Waals surface area (Å²) in [7, 11) is 3.87. The molecule has 0 amide bonds. The molecule has 2 aromatic rings. The minimum atomic E-state index is 0.310. The first kappa shape index (κ1) is 12.1. The van der Waals surface area contributed by atoms with Gasteiger partial charge in [-0.3, -0.25) is 0 Å². The predicted octanol–water partition coefficient (Wildman–Crippen LogP) is 3.13. The van der Waals surface area contributed by atoms with E-state index in [1.807, 2.05) is 32.3 Å². The zero-order valence-corrected chi connectivity index (χ0v) is 11.1. The highest BCUT2D eigenvalue weighted by Gasteiger charge is 2.16. The number of anilines is 1. The van der Waals surface area contributed by atoms with E-state index in [9.17, 15) is 0 Å². The fraction of sp³-hybridized carbons (Fsp3) is 0.308. The summed E-state index contributed by atoms with van der Waals surface area (Å²) in [6, 6.07) is 10.6. The molecular weight excluding hydrogens is 230 g/mol. The van der Waals surface area contributed by atoms with Gasteiger partial charge in [0, 0.05) is 18.7 Å². The standard InChI is InChI=1S/C13H17N3S/c1-9(14-2)12-11(16-13(15-3)17-12)10-7-5-4-6-8-10/h4-9,14H,1-3H3,(H,15,16). The van der Waals surface area contributed by atoms with Crippen LogP contribution in [0.25, 0.3) is 11.3 Å². The number of nitrogens with one attached hydrogen (secondary N) is 2. The Morgan fingerprint density at radius 3 is 2.47 bits per heavy atom. The highest BCUT2D eigenvalue weighted by Crippen LogP contribution is 2.34. The van der Waals surface area contributed by atoms with Gasteiger partial charge in [0.2, 0.25) is 0 Å². The third-order valence-corrected chi connectivity index (χ3v) is 4.00. The second kappa shape index (κ2) is 5.29. The second-order valence-electron chi connectivity index (χ2n) is 3.86. The lowest BCUT2D eigenvalue weighted by Crippen LogP contribution is -2.11. The van der Waals surface area contributed by atoms with Crippen molar-refractivity contribution in [2.24, 2.45) is 0 Å². The van der Waals surface area contributed by atoms with Crippen LogP contribution in [-0.4, -0.2) is 19.1 Å². The van der Waals surface area contributed by atoms with Gasteiger partial charge in [0.1, 0.15) is 0 Å². The summed E-state index contributed by atoms with van der Waals surface area (Å²) in [6.45, 7) is 2.15. The van der Waals surface area contributed by atoms with Crippen molar-refractivity contribution < 1.29 is 0 Å². The van der Waals surface area contributed by atoms with Gasteiger partial charge in [0.25, 0.3) is 0 Å². The summed E-state index contributed by atoms with van der Waals surface area (Å²) in [5.41, 5.74) is 2.24. The SMILES string of the molecule is CNc1nc(-c2ccccc2)c(C(C)NC)s1. The Labute approximate surface area is 106 Å². The van der Waals surface area contributed by atoms with Crippen molar-refractivity contribution >= 4 is 16.5 Å². The van der Waals surface area contributed by atoms with Crippen LogP contribution >= 0.6 is 11.3 Å². The predicted molar refractivity (Wildman–Crippen MR) is 74.6 cm³/mol. The van der Waals surface area contributed by atoms with Crippen LogP contribution in [0.2, 0.25) is 0 Å². The molecule has 4 heteroatoms. The summed E-state index contributed by atoms with van der Waals surface area (Å²) >= 11 is 1.70. The molecule has 3 nitrogen and oxygen atoms in total. The lowest BCUT2D eigenvalue weighted by atomic mass is 10.1. The summed E-state index contributed by atoms with van der Waals surface area (Å²) in [5, 5.41) is 7.35. The smallest absolute Gasteiger partial charge is 0.183 e. The molecule has 0 saturated carbocycles. The Morgan fingerprint density at radius 1 is 1.18 bits per heavy atom. The second-order valence-corrected chi connectivity index (χ2v) is 4.89. The first-order chi connectivity index (χ1) is 8.26. The van der Waals surface area contributed by atoms with Gasteiger partial charge in [-0.15, -0.1) is 0 Å². The summed E-state index contributed by atoms with van der Waals surface area (Å²) in [4.78, 5) is 5.90.